The van der Waals surface area contributed by atoms with Crippen molar-refractivity contribution in [2.24, 2.45) is 0 Å². The van der Waals surface area contributed by atoms with E-state index in [2.05, 4.69) is 5.32 Å². The first-order valence-electron chi connectivity index (χ1n) is 4.03. The Morgan fingerprint density at radius 2 is 1.92 bits per heavy atom. The van der Waals surface area contributed by atoms with Gasteiger partial charge in [0, 0.05) is 18.8 Å². The molecule has 2 nitrogen and oxygen atoms in total. The van der Waals surface area contributed by atoms with E-state index in [0.717, 1.165) is 11.3 Å². The zero-order valence-electron chi connectivity index (χ0n) is 7.27. The van der Waals surface area contributed by atoms with Crippen LogP contribution in [0.5, 0.6) is 0 Å². The van der Waals surface area contributed by atoms with Crippen LogP contribution in [0.4, 0.5) is 0 Å². The second-order valence-electron chi connectivity index (χ2n) is 2.89. The molecule has 3 heteroatoms. The minimum absolute atomic E-state index is 0.624. The summed E-state index contributed by atoms with van der Waals surface area (Å²) in [5.41, 5.74) is 2.04. The number of nitrogens with zero attached hydrogens (tertiary/aromatic N) is 2. The summed E-state index contributed by atoms with van der Waals surface area (Å²) in [6.45, 7) is 0. The Hall–Kier alpha value is -1.35. The standard InChI is InChI=1S/C10H9N2S/c1-12-7-9(11-10(12)13)8-5-3-2-4-6-8/h2-7H,1H3. The summed E-state index contributed by atoms with van der Waals surface area (Å²) in [5, 5.41) is 4.88. The molecule has 0 bridgehead atoms. The minimum Gasteiger partial charge on any atom is -0.325 e. The van der Waals surface area contributed by atoms with Gasteiger partial charge in [-0.1, -0.05) is 30.3 Å². The van der Waals surface area contributed by atoms with Crippen LogP contribution in [0.1, 0.15) is 5.56 Å². The number of hydrogen-bond acceptors (Lipinski definition) is 1. The van der Waals surface area contributed by atoms with E-state index in [4.69, 9.17) is 12.2 Å². The van der Waals surface area contributed by atoms with E-state index in [0.29, 0.717) is 5.11 Å². The lowest BCUT2D eigenvalue weighted by atomic mass is 10.2. The molecule has 0 atom stereocenters. The van der Waals surface area contributed by atoms with Crippen molar-refractivity contribution in [1.29, 1.82) is 0 Å². The van der Waals surface area contributed by atoms with Crippen molar-refractivity contribution in [1.82, 2.24) is 10.2 Å². The molecule has 1 aliphatic rings. The third-order valence-electron chi connectivity index (χ3n) is 1.90. The number of hydrogen-bond donors (Lipinski definition) is 0. The van der Waals surface area contributed by atoms with Gasteiger partial charge in [0.2, 0.25) is 0 Å². The normalized spacial score (nSPS) is 15.6. The molecule has 13 heavy (non-hydrogen) atoms. The van der Waals surface area contributed by atoms with Gasteiger partial charge in [-0.25, -0.2) is 5.32 Å². The molecule has 1 aliphatic heterocycles. The molecule has 0 aliphatic carbocycles. The van der Waals surface area contributed by atoms with Crippen molar-refractivity contribution in [2.45, 2.75) is 0 Å². The molecule has 0 aromatic heterocycles. The topological polar surface area (TPSA) is 17.3 Å². The SMILES string of the molecule is CN1C=C(c2ccccc2)[N]C1=S. The Morgan fingerprint density at radius 1 is 1.23 bits per heavy atom. The Morgan fingerprint density at radius 3 is 2.46 bits per heavy atom. The lowest BCUT2D eigenvalue weighted by Gasteiger charge is -2.02. The van der Waals surface area contributed by atoms with Crippen molar-refractivity contribution < 1.29 is 0 Å². The molecule has 1 aromatic carbocycles. The number of rotatable bonds is 1. The van der Waals surface area contributed by atoms with E-state index in [-0.39, 0.29) is 0 Å². The average molecular weight is 189 g/mol. The molecule has 65 valence electrons. The summed E-state index contributed by atoms with van der Waals surface area (Å²) in [5.74, 6) is 0. The van der Waals surface area contributed by atoms with Crippen LogP contribution < -0.4 is 5.32 Å². The van der Waals surface area contributed by atoms with Crippen LogP contribution in [-0.4, -0.2) is 17.1 Å². The fourth-order valence-corrected chi connectivity index (χ4v) is 1.35. The van der Waals surface area contributed by atoms with Crippen LogP contribution in [0.2, 0.25) is 0 Å². The second kappa shape index (κ2) is 3.18. The van der Waals surface area contributed by atoms with Gasteiger partial charge in [-0.3, -0.25) is 0 Å². The van der Waals surface area contributed by atoms with Gasteiger partial charge in [0.1, 0.15) is 0 Å². The van der Waals surface area contributed by atoms with Crippen LogP contribution in [-0.2, 0) is 0 Å². The molecule has 2 rings (SSSR count). The van der Waals surface area contributed by atoms with Gasteiger partial charge in [-0.2, -0.15) is 0 Å². The third kappa shape index (κ3) is 1.55. The molecule has 0 saturated heterocycles. The van der Waals surface area contributed by atoms with Gasteiger partial charge >= 0.3 is 0 Å². The monoisotopic (exact) mass is 189 g/mol. The quantitative estimate of drug-likeness (QED) is 0.627. The summed E-state index contributed by atoms with van der Waals surface area (Å²) < 4.78 is 0. The molecule has 0 N–H and O–H groups in total. The van der Waals surface area contributed by atoms with Gasteiger partial charge in [0.25, 0.3) is 0 Å². The second-order valence-corrected chi connectivity index (χ2v) is 3.25. The molecule has 0 saturated carbocycles. The highest BCUT2D eigenvalue weighted by molar-refractivity contribution is 7.80. The van der Waals surface area contributed by atoms with E-state index < -0.39 is 0 Å². The number of thiocarbonyl (C=S) groups is 1. The van der Waals surface area contributed by atoms with Gasteiger partial charge in [-0.15, -0.1) is 0 Å². The lowest BCUT2D eigenvalue weighted by Crippen LogP contribution is -2.18. The van der Waals surface area contributed by atoms with E-state index in [1.54, 1.807) is 0 Å². The Balaban J connectivity index is 2.30. The molecular formula is C10H9N2S. The maximum Gasteiger partial charge on any atom is 0.199 e. The molecular weight excluding hydrogens is 180 g/mol. The van der Waals surface area contributed by atoms with Crippen molar-refractivity contribution >= 4 is 23.0 Å². The fourth-order valence-electron chi connectivity index (χ4n) is 1.20. The van der Waals surface area contributed by atoms with Crippen LogP contribution >= 0.6 is 12.2 Å². The highest BCUT2D eigenvalue weighted by Gasteiger charge is 2.16. The van der Waals surface area contributed by atoms with Crippen LogP contribution in [0.3, 0.4) is 0 Å². The highest BCUT2D eigenvalue weighted by Crippen LogP contribution is 2.17. The van der Waals surface area contributed by atoms with E-state index in [9.17, 15) is 0 Å². The van der Waals surface area contributed by atoms with Crippen LogP contribution in [0, 0.1) is 0 Å². The molecule has 0 unspecified atom stereocenters. The van der Waals surface area contributed by atoms with Crippen molar-refractivity contribution in [3.63, 3.8) is 0 Å². The summed E-state index contributed by atoms with van der Waals surface area (Å²) in [4.78, 5) is 1.84. The Labute approximate surface area is 82.9 Å². The van der Waals surface area contributed by atoms with Crippen molar-refractivity contribution in [3.05, 3.63) is 42.1 Å². The molecule has 0 fully saturated rings. The van der Waals surface area contributed by atoms with Gasteiger partial charge in [-0.05, 0) is 12.2 Å². The van der Waals surface area contributed by atoms with E-state index in [1.807, 2.05) is 48.5 Å². The molecule has 1 radical (unpaired) electrons. The van der Waals surface area contributed by atoms with Crippen molar-refractivity contribution in [2.75, 3.05) is 7.05 Å². The van der Waals surface area contributed by atoms with Gasteiger partial charge < -0.3 is 4.90 Å². The first-order chi connectivity index (χ1) is 6.27. The molecule has 0 spiro atoms. The van der Waals surface area contributed by atoms with Crippen molar-refractivity contribution in [3.8, 4) is 0 Å². The first-order valence-corrected chi connectivity index (χ1v) is 4.44. The number of benzene rings is 1. The maximum absolute atomic E-state index is 5.03. The van der Waals surface area contributed by atoms with Gasteiger partial charge in [0.05, 0.1) is 5.70 Å². The Bertz CT molecular complexity index is 356. The first kappa shape index (κ1) is 8.26. The van der Waals surface area contributed by atoms with Gasteiger partial charge in [0.15, 0.2) is 5.11 Å². The van der Waals surface area contributed by atoms with Crippen LogP contribution in [0.25, 0.3) is 5.70 Å². The molecule has 0 amide bonds. The largest absolute Gasteiger partial charge is 0.325 e. The summed E-state index contributed by atoms with van der Waals surface area (Å²) in [6, 6.07) is 10.0. The van der Waals surface area contributed by atoms with E-state index in [1.165, 1.54) is 0 Å². The zero-order chi connectivity index (χ0) is 9.26. The minimum atomic E-state index is 0.624. The fraction of sp³-hybridized carbons (Fsp3) is 0.100. The summed E-state index contributed by atoms with van der Waals surface area (Å²) in [7, 11) is 1.90. The molecule has 1 aromatic rings. The van der Waals surface area contributed by atoms with Crippen LogP contribution in [0.15, 0.2) is 36.5 Å². The predicted octanol–water partition coefficient (Wildman–Crippen LogP) is 1.82. The predicted molar refractivity (Wildman–Crippen MR) is 56.9 cm³/mol. The van der Waals surface area contributed by atoms with E-state index >= 15 is 0 Å². The third-order valence-corrected chi connectivity index (χ3v) is 2.28. The zero-order valence-corrected chi connectivity index (χ0v) is 8.08. The summed E-state index contributed by atoms with van der Waals surface area (Å²) >= 11 is 5.03. The summed E-state index contributed by atoms with van der Waals surface area (Å²) in [6.07, 6.45) is 1.94. The molecule has 1 heterocycles. The lowest BCUT2D eigenvalue weighted by molar-refractivity contribution is 0.709. The Kier molecular flexibility index (Phi) is 2.02. The maximum atomic E-state index is 5.03. The smallest absolute Gasteiger partial charge is 0.199 e. The average Bonchev–Trinajstić information content (AvgIpc) is 2.49. The highest BCUT2D eigenvalue weighted by atomic mass is 32.1.